The first-order valence-corrected chi connectivity index (χ1v) is 5.13. The van der Waals surface area contributed by atoms with Crippen molar-refractivity contribution in [2.24, 2.45) is 0 Å². The molecule has 2 N–H and O–H groups in total. The molecule has 0 aliphatic heterocycles. The molecule has 0 bridgehead atoms. The molecule has 0 spiro atoms. The van der Waals surface area contributed by atoms with Crippen LogP contribution in [0.25, 0.3) is 0 Å². The molecule has 0 saturated heterocycles. The summed E-state index contributed by atoms with van der Waals surface area (Å²) in [7, 11) is 1.63. The Morgan fingerprint density at radius 1 is 1.53 bits per heavy atom. The Morgan fingerprint density at radius 3 is 2.53 bits per heavy atom. The van der Waals surface area contributed by atoms with E-state index in [1.807, 2.05) is 6.92 Å². The quantitative estimate of drug-likeness (QED) is 0.830. The smallest absolute Gasteiger partial charge is 0.328 e. The van der Waals surface area contributed by atoms with Crippen molar-refractivity contribution in [3.05, 3.63) is 34.9 Å². The molecule has 0 aliphatic rings. The number of hydrogen-bond acceptors (Lipinski definition) is 2. The van der Waals surface area contributed by atoms with Crippen LogP contribution in [-0.2, 0) is 10.3 Å². The zero-order valence-corrected chi connectivity index (χ0v) is 9.51. The highest BCUT2D eigenvalue weighted by Crippen LogP contribution is 2.30. The molecule has 0 saturated carbocycles. The zero-order valence-electron chi connectivity index (χ0n) is 8.75. The number of carbonyl (C=O) groups is 1. The van der Waals surface area contributed by atoms with E-state index in [0.29, 0.717) is 17.0 Å². The minimum Gasteiger partial charge on any atom is -0.480 e. The van der Waals surface area contributed by atoms with Gasteiger partial charge >= 0.3 is 5.97 Å². The molecular weight excluding hydrogens is 214 g/mol. The van der Waals surface area contributed by atoms with Gasteiger partial charge in [0, 0.05) is 10.6 Å². The maximum Gasteiger partial charge on any atom is 0.328 e. The minimum atomic E-state index is -1.10. The minimum absolute atomic E-state index is 0.433. The van der Waals surface area contributed by atoms with E-state index in [1.165, 1.54) is 0 Å². The third kappa shape index (κ3) is 1.98. The Kier molecular flexibility index (Phi) is 3.72. The van der Waals surface area contributed by atoms with Crippen LogP contribution in [0.2, 0.25) is 5.02 Å². The molecule has 15 heavy (non-hydrogen) atoms. The highest BCUT2D eigenvalue weighted by molar-refractivity contribution is 6.31. The summed E-state index contributed by atoms with van der Waals surface area (Å²) >= 11 is 6.01. The van der Waals surface area contributed by atoms with E-state index in [4.69, 9.17) is 11.6 Å². The number of hydrogen-bond donors (Lipinski definition) is 2. The van der Waals surface area contributed by atoms with E-state index in [2.05, 4.69) is 5.32 Å². The molecule has 0 aromatic heterocycles. The summed E-state index contributed by atoms with van der Waals surface area (Å²) < 4.78 is 0. The number of rotatable bonds is 4. The summed E-state index contributed by atoms with van der Waals surface area (Å²) in [4.78, 5) is 11.3. The fourth-order valence-corrected chi connectivity index (χ4v) is 1.98. The molecule has 4 heteroatoms. The van der Waals surface area contributed by atoms with Gasteiger partial charge in [0.1, 0.15) is 5.54 Å². The van der Waals surface area contributed by atoms with Crippen molar-refractivity contribution in [3.63, 3.8) is 0 Å². The predicted octanol–water partition coefficient (Wildman–Crippen LogP) is 2.25. The third-order valence-corrected chi connectivity index (χ3v) is 2.99. The van der Waals surface area contributed by atoms with Gasteiger partial charge in [-0.15, -0.1) is 0 Å². The van der Waals surface area contributed by atoms with Crippen molar-refractivity contribution in [1.82, 2.24) is 5.32 Å². The van der Waals surface area contributed by atoms with Gasteiger partial charge in [0.2, 0.25) is 0 Å². The predicted molar refractivity (Wildman–Crippen MR) is 60.1 cm³/mol. The first-order chi connectivity index (χ1) is 7.08. The van der Waals surface area contributed by atoms with Crippen molar-refractivity contribution in [3.8, 4) is 0 Å². The average Bonchev–Trinajstić information content (AvgIpc) is 2.22. The first kappa shape index (κ1) is 12.0. The van der Waals surface area contributed by atoms with Gasteiger partial charge < -0.3 is 10.4 Å². The normalized spacial score (nSPS) is 14.6. The maximum atomic E-state index is 11.3. The topological polar surface area (TPSA) is 49.3 Å². The maximum absolute atomic E-state index is 11.3. The summed E-state index contributed by atoms with van der Waals surface area (Å²) in [5, 5.41) is 12.6. The van der Waals surface area contributed by atoms with Gasteiger partial charge in [0.15, 0.2) is 0 Å². The molecule has 0 radical (unpaired) electrons. The fourth-order valence-electron chi connectivity index (χ4n) is 1.68. The van der Waals surface area contributed by atoms with Gasteiger partial charge in [-0.2, -0.15) is 0 Å². The molecule has 0 heterocycles. The molecular formula is C11H14ClNO2. The number of benzene rings is 1. The molecule has 0 fully saturated rings. The van der Waals surface area contributed by atoms with Gasteiger partial charge in [-0.1, -0.05) is 36.7 Å². The molecule has 1 rings (SSSR count). The van der Waals surface area contributed by atoms with Crippen LogP contribution in [0.1, 0.15) is 18.9 Å². The summed E-state index contributed by atoms with van der Waals surface area (Å²) in [5.74, 6) is -0.916. The van der Waals surface area contributed by atoms with E-state index in [9.17, 15) is 9.90 Å². The van der Waals surface area contributed by atoms with Gasteiger partial charge in [-0.3, -0.25) is 0 Å². The number of halogens is 1. The van der Waals surface area contributed by atoms with E-state index in [-0.39, 0.29) is 0 Å². The van der Waals surface area contributed by atoms with Crippen molar-refractivity contribution in [2.75, 3.05) is 7.05 Å². The second kappa shape index (κ2) is 4.64. The highest BCUT2D eigenvalue weighted by atomic mass is 35.5. The number of carboxylic acid groups (broad SMARTS) is 1. The fraction of sp³-hybridized carbons (Fsp3) is 0.364. The van der Waals surface area contributed by atoms with E-state index in [0.717, 1.165) is 0 Å². The Labute approximate surface area is 94.1 Å². The lowest BCUT2D eigenvalue weighted by Crippen LogP contribution is -2.47. The van der Waals surface area contributed by atoms with Gasteiger partial charge in [-0.05, 0) is 19.5 Å². The molecule has 1 aromatic carbocycles. The van der Waals surface area contributed by atoms with E-state index < -0.39 is 11.5 Å². The monoisotopic (exact) mass is 227 g/mol. The Morgan fingerprint density at radius 2 is 2.13 bits per heavy atom. The Balaban J connectivity index is 3.33. The first-order valence-electron chi connectivity index (χ1n) is 4.75. The molecule has 0 amide bonds. The van der Waals surface area contributed by atoms with E-state index in [1.54, 1.807) is 31.3 Å². The van der Waals surface area contributed by atoms with Crippen LogP contribution in [0.3, 0.4) is 0 Å². The number of likely N-dealkylation sites (N-methyl/N-ethyl adjacent to an activating group) is 1. The van der Waals surface area contributed by atoms with Crippen molar-refractivity contribution in [2.45, 2.75) is 18.9 Å². The highest BCUT2D eigenvalue weighted by Gasteiger charge is 2.38. The summed E-state index contributed by atoms with van der Waals surface area (Å²) in [6.07, 6.45) is 0.433. The molecule has 82 valence electrons. The Bertz CT molecular complexity index is 361. The summed E-state index contributed by atoms with van der Waals surface area (Å²) in [5.41, 5.74) is -0.498. The SMILES string of the molecule is CCC(NC)(C(=O)O)c1ccccc1Cl. The molecule has 1 unspecified atom stereocenters. The van der Waals surface area contributed by atoms with Gasteiger partial charge in [0.25, 0.3) is 0 Å². The van der Waals surface area contributed by atoms with Crippen molar-refractivity contribution in [1.29, 1.82) is 0 Å². The van der Waals surface area contributed by atoms with Crippen LogP contribution in [0, 0.1) is 0 Å². The molecule has 1 atom stereocenters. The van der Waals surface area contributed by atoms with Crippen LogP contribution in [0.4, 0.5) is 0 Å². The zero-order chi connectivity index (χ0) is 11.5. The molecule has 3 nitrogen and oxygen atoms in total. The Hall–Kier alpha value is -1.06. The third-order valence-electron chi connectivity index (χ3n) is 2.66. The van der Waals surface area contributed by atoms with Crippen LogP contribution >= 0.6 is 11.6 Å². The largest absolute Gasteiger partial charge is 0.480 e. The van der Waals surface area contributed by atoms with Crippen LogP contribution in [0.15, 0.2) is 24.3 Å². The molecule has 0 aliphatic carbocycles. The standard InChI is InChI=1S/C11H14ClNO2/c1-3-11(13-2,10(14)15)8-6-4-5-7-9(8)12/h4-7,13H,3H2,1-2H3,(H,14,15). The van der Waals surface area contributed by atoms with Crippen molar-refractivity contribution >= 4 is 17.6 Å². The summed E-state index contributed by atoms with van der Waals surface area (Å²) in [6, 6.07) is 6.99. The van der Waals surface area contributed by atoms with Crippen LogP contribution in [-0.4, -0.2) is 18.1 Å². The van der Waals surface area contributed by atoms with Crippen LogP contribution < -0.4 is 5.32 Å². The second-order valence-corrected chi connectivity index (χ2v) is 3.70. The van der Waals surface area contributed by atoms with Crippen molar-refractivity contribution < 1.29 is 9.90 Å². The van der Waals surface area contributed by atoms with Gasteiger partial charge in [-0.25, -0.2) is 4.79 Å². The van der Waals surface area contributed by atoms with Crippen LogP contribution in [0.5, 0.6) is 0 Å². The number of aliphatic carboxylic acids is 1. The lowest BCUT2D eigenvalue weighted by Gasteiger charge is -2.28. The summed E-state index contributed by atoms with van der Waals surface area (Å²) in [6.45, 7) is 1.81. The lowest BCUT2D eigenvalue weighted by molar-refractivity contribution is -0.145. The van der Waals surface area contributed by atoms with Gasteiger partial charge in [0.05, 0.1) is 0 Å². The van der Waals surface area contributed by atoms with E-state index >= 15 is 0 Å². The number of carboxylic acids is 1. The molecule has 1 aromatic rings. The average molecular weight is 228 g/mol. The lowest BCUT2D eigenvalue weighted by atomic mass is 9.87. The number of nitrogens with one attached hydrogen (secondary N) is 1. The second-order valence-electron chi connectivity index (χ2n) is 3.29.